The summed E-state index contributed by atoms with van der Waals surface area (Å²) in [5.74, 6) is 7.38. The van der Waals surface area contributed by atoms with E-state index in [1.807, 2.05) is 10.9 Å². The minimum atomic E-state index is 0.399. The molecule has 3 N–H and O–H groups in total. The van der Waals surface area contributed by atoms with Gasteiger partial charge in [0, 0.05) is 18.8 Å². The molecule has 2 rings (SSSR count). The number of hydrazine groups is 1. The quantitative estimate of drug-likeness (QED) is 0.600. The molecule has 1 fully saturated rings. The van der Waals surface area contributed by atoms with Gasteiger partial charge < -0.3 is 0 Å². The topological polar surface area (TPSA) is 55.9 Å². The predicted octanol–water partition coefficient (Wildman–Crippen LogP) is 2.10. The molecule has 1 aliphatic rings. The highest BCUT2D eigenvalue weighted by molar-refractivity contribution is 5.07. The lowest BCUT2D eigenvalue weighted by atomic mass is 9.92. The van der Waals surface area contributed by atoms with Crippen LogP contribution in [0, 0.1) is 11.8 Å². The van der Waals surface area contributed by atoms with Crippen LogP contribution in [-0.4, -0.2) is 15.8 Å². The maximum atomic E-state index is 5.75. The molecule has 1 saturated carbocycles. The molecular weight excluding hydrogens is 224 g/mol. The molecule has 18 heavy (non-hydrogen) atoms. The molecular formula is C14H26N4. The average Bonchev–Trinajstić information content (AvgIpc) is 3.04. The Bertz CT molecular complexity index is 360. The first-order valence-corrected chi connectivity index (χ1v) is 7.24. The molecule has 1 aromatic rings. The lowest BCUT2D eigenvalue weighted by Gasteiger charge is -2.22. The number of hydrogen-bond acceptors (Lipinski definition) is 3. The fourth-order valence-corrected chi connectivity index (χ4v) is 3.15. The van der Waals surface area contributed by atoms with E-state index in [1.54, 1.807) is 0 Å². The van der Waals surface area contributed by atoms with Crippen LogP contribution in [0.15, 0.2) is 12.4 Å². The Kier molecular flexibility index (Phi) is 4.78. The summed E-state index contributed by atoms with van der Waals surface area (Å²) in [6.07, 6.45) is 10.4. The summed E-state index contributed by atoms with van der Waals surface area (Å²) in [7, 11) is 0. The third-order valence-corrected chi connectivity index (χ3v) is 4.41. The molecule has 0 aliphatic heterocycles. The summed E-state index contributed by atoms with van der Waals surface area (Å²) in [6.45, 7) is 5.34. The zero-order valence-corrected chi connectivity index (χ0v) is 11.6. The minimum absolute atomic E-state index is 0.399. The van der Waals surface area contributed by atoms with E-state index in [9.17, 15) is 0 Å². The van der Waals surface area contributed by atoms with Crippen LogP contribution in [0.25, 0.3) is 0 Å². The van der Waals surface area contributed by atoms with E-state index >= 15 is 0 Å². The van der Waals surface area contributed by atoms with Crippen molar-refractivity contribution < 1.29 is 0 Å². The van der Waals surface area contributed by atoms with Gasteiger partial charge in [-0.3, -0.25) is 16.0 Å². The predicted molar refractivity (Wildman–Crippen MR) is 73.8 cm³/mol. The van der Waals surface area contributed by atoms with Crippen molar-refractivity contribution in [3.05, 3.63) is 18.0 Å². The van der Waals surface area contributed by atoms with Gasteiger partial charge in [0.1, 0.15) is 0 Å². The third kappa shape index (κ3) is 3.12. The maximum Gasteiger partial charge on any atom is 0.0522 e. The zero-order valence-electron chi connectivity index (χ0n) is 11.6. The highest BCUT2D eigenvalue weighted by Gasteiger charge is 2.29. The van der Waals surface area contributed by atoms with Crippen LogP contribution in [0.5, 0.6) is 0 Å². The van der Waals surface area contributed by atoms with Crippen LogP contribution in [0.1, 0.15) is 45.1 Å². The van der Waals surface area contributed by atoms with E-state index < -0.39 is 0 Å². The van der Waals surface area contributed by atoms with Gasteiger partial charge in [-0.2, -0.15) is 5.10 Å². The molecule has 4 heteroatoms. The first kappa shape index (κ1) is 13.6. The fraction of sp³-hybridized carbons (Fsp3) is 0.786. The van der Waals surface area contributed by atoms with Crippen molar-refractivity contribution in [1.29, 1.82) is 0 Å². The minimum Gasteiger partial charge on any atom is -0.273 e. The van der Waals surface area contributed by atoms with Crippen molar-refractivity contribution >= 4 is 0 Å². The van der Waals surface area contributed by atoms with Gasteiger partial charge in [0.25, 0.3) is 0 Å². The second-order valence-electron chi connectivity index (χ2n) is 5.53. The molecule has 4 nitrogen and oxygen atoms in total. The molecule has 0 amide bonds. The number of hydrogen-bond donors (Lipinski definition) is 2. The zero-order chi connectivity index (χ0) is 13.0. The first-order valence-electron chi connectivity index (χ1n) is 7.24. The molecule has 0 radical (unpaired) electrons. The highest BCUT2D eigenvalue weighted by atomic mass is 15.3. The van der Waals surface area contributed by atoms with Gasteiger partial charge in [-0.1, -0.05) is 19.8 Å². The van der Waals surface area contributed by atoms with E-state index in [-0.39, 0.29) is 0 Å². The Labute approximate surface area is 110 Å². The van der Waals surface area contributed by atoms with E-state index in [1.165, 1.54) is 31.2 Å². The summed E-state index contributed by atoms with van der Waals surface area (Å²) < 4.78 is 1.98. The summed E-state index contributed by atoms with van der Waals surface area (Å²) in [6, 6.07) is 0.399. The number of nitrogens with two attached hydrogens (primary N) is 1. The monoisotopic (exact) mass is 250 g/mol. The molecule has 0 spiro atoms. The molecule has 1 heterocycles. The lowest BCUT2D eigenvalue weighted by molar-refractivity contribution is 0.348. The van der Waals surface area contributed by atoms with Crippen molar-refractivity contribution in [2.24, 2.45) is 17.7 Å². The van der Waals surface area contributed by atoms with Crippen LogP contribution in [-0.2, 0) is 13.0 Å². The number of nitrogens with zero attached hydrogens (tertiary/aromatic N) is 2. The fourth-order valence-electron chi connectivity index (χ4n) is 3.15. The standard InChI is InChI=1S/C14H26N4/c1-3-11-5-6-13(7-11)14(17-15)8-12-9-16-18(4-2)10-12/h9-11,13-14,17H,3-8,15H2,1-2H3. The third-order valence-electron chi connectivity index (χ3n) is 4.41. The SMILES string of the molecule is CCC1CCC(C(Cc2cnn(CC)c2)NN)C1. The van der Waals surface area contributed by atoms with E-state index in [2.05, 4.69) is 30.6 Å². The van der Waals surface area contributed by atoms with Gasteiger partial charge >= 0.3 is 0 Å². The largest absolute Gasteiger partial charge is 0.273 e. The molecule has 1 aliphatic carbocycles. The Balaban J connectivity index is 1.93. The summed E-state index contributed by atoms with van der Waals surface area (Å²) in [5, 5.41) is 4.33. The van der Waals surface area contributed by atoms with Gasteiger partial charge in [0.15, 0.2) is 0 Å². The molecule has 102 valence electrons. The molecule has 0 saturated heterocycles. The summed E-state index contributed by atoms with van der Waals surface area (Å²) >= 11 is 0. The summed E-state index contributed by atoms with van der Waals surface area (Å²) in [5.41, 5.74) is 4.32. The van der Waals surface area contributed by atoms with Crippen LogP contribution < -0.4 is 11.3 Å². The van der Waals surface area contributed by atoms with Crippen molar-refractivity contribution in [2.75, 3.05) is 0 Å². The highest BCUT2D eigenvalue weighted by Crippen LogP contribution is 2.35. The van der Waals surface area contributed by atoms with Gasteiger partial charge in [-0.15, -0.1) is 0 Å². The van der Waals surface area contributed by atoms with E-state index in [0.717, 1.165) is 24.8 Å². The van der Waals surface area contributed by atoms with Crippen molar-refractivity contribution in [3.8, 4) is 0 Å². The average molecular weight is 250 g/mol. The Morgan fingerprint density at radius 3 is 2.89 bits per heavy atom. The van der Waals surface area contributed by atoms with E-state index in [4.69, 9.17) is 5.84 Å². The van der Waals surface area contributed by atoms with Crippen molar-refractivity contribution in [1.82, 2.24) is 15.2 Å². The first-order chi connectivity index (χ1) is 8.76. The van der Waals surface area contributed by atoms with Crippen LogP contribution >= 0.6 is 0 Å². The van der Waals surface area contributed by atoms with Crippen LogP contribution in [0.4, 0.5) is 0 Å². The van der Waals surface area contributed by atoms with Gasteiger partial charge in [-0.25, -0.2) is 0 Å². The number of nitrogens with one attached hydrogen (secondary N) is 1. The van der Waals surface area contributed by atoms with Crippen molar-refractivity contribution in [3.63, 3.8) is 0 Å². The number of rotatable bonds is 6. The van der Waals surface area contributed by atoms with E-state index in [0.29, 0.717) is 6.04 Å². The Morgan fingerprint density at radius 2 is 2.33 bits per heavy atom. The van der Waals surface area contributed by atoms with Crippen LogP contribution in [0.2, 0.25) is 0 Å². The second kappa shape index (κ2) is 6.34. The smallest absolute Gasteiger partial charge is 0.0522 e. The van der Waals surface area contributed by atoms with Crippen molar-refractivity contribution in [2.45, 2.75) is 58.5 Å². The van der Waals surface area contributed by atoms with Gasteiger partial charge in [0.2, 0.25) is 0 Å². The second-order valence-corrected chi connectivity index (χ2v) is 5.53. The molecule has 3 atom stereocenters. The van der Waals surface area contributed by atoms with Gasteiger partial charge in [-0.05, 0) is 43.6 Å². The molecule has 1 aromatic heterocycles. The van der Waals surface area contributed by atoms with Gasteiger partial charge in [0.05, 0.1) is 6.20 Å². The lowest BCUT2D eigenvalue weighted by Crippen LogP contribution is -2.41. The molecule has 3 unspecified atom stereocenters. The Hall–Kier alpha value is -0.870. The maximum absolute atomic E-state index is 5.75. The normalized spacial score (nSPS) is 25.5. The number of aryl methyl sites for hydroxylation is 1. The Morgan fingerprint density at radius 1 is 1.50 bits per heavy atom. The summed E-state index contributed by atoms with van der Waals surface area (Å²) in [4.78, 5) is 0. The number of aromatic nitrogens is 2. The van der Waals surface area contributed by atoms with Crippen LogP contribution in [0.3, 0.4) is 0 Å². The molecule has 0 bridgehead atoms. The molecule has 0 aromatic carbocycles.